The van der Waals surface area contributed by atoms with E-state index < -0.39 is 5.97 Å². The van der Waals surface area contributed by atoms with E-state index in [2.05, 4.69) is 4.98 Å². The van der Waals surface area contributed by atoms with Gasteiger partial charge in [0.05, 0.1) is 16.8 Å². The van der Waals surface area contributed by atoms with Gasteiger partial charge in [-0.25, -0.2) is 4.98 Å². The molecule has 1 heterocycles. The molecule has 25 heavy (non-hydrogen) atoms. The van der Waals surface area contributed by atoms with E-state index in [9.17, 15) is 9.59 Å². The van der Waals surface area contributed by atoms with E-state index in [1.165, 1.54) is 11.9 Å². The van der Waals surface area contributed by atoms with E-state index >= 15 is 0 Å². The quantitative estimate of drug-likeness (QED) is 0.775. The fraction of sp³-hybridized carbons (Fsp3) is 0.105. The lowest BCUT2D eigenvalue weighted by atomic mass is 10.0. The summed E-state index contributed by atoms with van der Waals surface area (Å²) < 4.78 is 0. The molecule has 0 saturated carbocycles. The van der Waals surface area contributed by atoms with Crippen LogP contribution in [0.15, 0.2) is 54.6 Å². The van der Waals surface area contributed by atoms with Gasteiger partial charge in [0.15, 0.2) is 0 Å². The summed E-state index contributed by atoms with van der Waals surface area (Å²) in [6, 6.07) is 16.1. The molecule has 0 aliphatic carbocycles. The van der Waals surface area contributed by atoms with Gasteiger partial charge in [-0.15, -0.1) is 0 Å². The van der Waals surface area contributed by atoms with Crippen molar-refractivity contribution in [2.24, 2.45) is 0 Å². The monoisotopic (exact) mass is 354 g/mol. The molecule has 0 unspecified atom stereocenters. The van der Waals surface area contributed by atoms with Gasteiger partial charge in [0, 0.05) is 23.0 Å². The molecule has 0 atom stereocenters. The Morgan fingerprint density at radius 2 is 1.80 bits per heavy atom. The number of rotatable bonds is 4. The lowest BCUT2D eigenvalue weighted by Crippen LogP contribution is -2.32. The SMILES string of the molecule is CN(CC(=O)O)C(=O)c1cc(-c2ccc(Cl)cc2)nc2ccccc12. The van der Waals surface area contributed by atoms with E-state index in [1.807, 2.05) is 30.3 Å². The third kappa shape index (κ3) is 3.61. The molecule has 3 aromatic rings. The van der Waals surface area contributed by atoms with Crippen molar-refractivity contribution in [2.75, 3.05) is 13.6 Å². The van der Waals surface area contributed by atoms with Crippen LogP contribution in [0.4, 0.5) is 0 Å². The van der Waals surface area contributed by atoms with Crippen molar-refractivity contribution >= 4 is 34.4 Å². The van der Waals surface area contributed by atoms with Crippen LogP contribution in [0.1, 0.15) is 10.4 Å². The van der Waals surface area contributed by atoms with E-state index in [0.717, 1.165) is 5.56 Å². The molecule has 0 aliphatic rings. The number of aliphatic carboxylic acids is 1. The molecular weight excluding hydrogens is 340 g/mol. The van der Waals surface area contributed by atoms with Gasteiger partial charge in [0.1, 0.15) is 6.54 Å². The number of halogens is 1. The Morgan fingerprint density at radius 1 is 1.12 bits per heavy atom. The van der Waals surface area contributed by atoms with Gasteiger partial charge in [0.25, 0.3) is 5.91 Å². The number of amides is 1. The summed E-state index contributed by atoms with van der Waals surface area (Å²) in [5, 5.41) is 10.2. The van der Waals surface area contributed by atoms with Gasteiger partial charge in [-0.05, 0) is 24.3 Å². The van der Waals surface area contributed by atoms with Gasteiger partial charge in [-0.3, -0.25) is 9.59 Å². The summed E-state index contributed by atoms with van der Waals surface area (Å²) in [6.45, 7) is -0.369. The van der Waals surface area contributed by atoms with Gasteiger partial charge < -0.3 is 10.0 Å². The number of aromatic nitrogens is 1. The number of hydrogen-bond acceptors (Lipinski definition) is 3. The molecule has 0 radical (unpaired) electrons. The van der Waals surface area contributed by atoms with Crippen molar-refractivity contribution in [1.82, 2.24) is 9.88 Å². The first-order chi connectivity index (χ1) is 12.0. The molecule has 1 N–H and O–H groups in total. The minimum absolute atomic E-state index is 0.365. The van der Waals surface area contributed by atoms with E-state index in [1.54, 1.807) is 24.3 Å². The predicted octanol–water partition coefficient (Wildman–Crippen LogP) is 3.71. The summed E-state index contributed by atoms with van der Waals surface area (Å²) in [7, 11) is 1.47. The summed E-state index contributed by atoms with van der Waals surface area (Å²) in [4.78, 5) is 29.4. The molecule has 6 heteroatoms. The van der Waals surface area contributed by atoms with Gasteiger partial charge in [-0.2, -0.15) is 0 Å². The number of benzene rings is 2. The molecule has 1 amide bonds. The summed E-state index contributed by atoms with van der Waals surface area (Å²) in [5.41, 5.74) is 2.54. The smallest absolute Gasteiger partial charge is 0.323 e. The van der Waals surface area contributed by atoms with Crippen LogP contribution in [0.5, 0.6) is 0 Å². The maximum atomic E-state index is 12.7. The molecule has 5 nitrogen and oxygen atoms in total. The lowest BCUT2D eigenvalue weighted by Gasteiger charge is -2.17. The van der Waals surface area contributed by atoms with Crippen LogP contribution in [0.25, 0.3) is 22.2 Å². The van der Waals surface area contributed by atoms with Crippen LogP contribution in [0, 0.1) is 0 Å². The number of pyridine rings is 1. The standard InChI is InChI=1S/C19H15ClN2O3/c1-22(11-18(23)24)19(25)15-10-17(12-6-8-13(20)9-7-12)21-16-5-3-2-4-14(15)16/h2-10H,11H2,1H3,(H,23,24). The number of nitrogens with zero attached hydrogens (tertiary/aromatic N) is 2. The highest BCUT2D eigenvalue weighted by molar-refractivity contribution is 6.30. The Morgan fingerprint density at radius 3 is 2.48 bits per heavy atom. The van der Waals surface area contributed by atoms with Crippen LogP contribution < -0.4 is 0 Å². The molecule has 0 bridgehead atoms. The van der Waals surface area contributed by atoms with Crippen LogP contribution in [-0.2, 0) is 4.79 Å². The topological polar surface area (TPSA) is 70.5 Å². The van der Waals surface area contributed by atoms with Crippen molar-refractivity contribution in [1.29, 1.82) is 0 Å². The number of carbonyl (C=O) groups is 2. The molecule has 126 valence electrons. The minimum atomic E-state index is -1.06. The number of para-hydroxylation sites is 1. The number of fused-ring (bicyclic) bond motifs is 1. The first kappa shape index (κ1) is 16.9. The lowest BCUT2D eigenvalue weighted by molar-refractivity contribution is -0.137. The van der Waals surface area contributed by atoms with Crippen LogP contribution >= 0.6 is 11.6 Å². The van der Waals surface area contributed by atoms with Crippen LogP contribution in [-0.4, -0.2) is 40.5 Å². The molecule has 0 fully saturated rings. The Balaban J connectivity index is 2.14. The zero-order chi connectivity index (χ0) is 18.0. The normalized spacial score (nSPS) is 10.6. The van der Waals surface area contributed by atoms with Gasteiger partial charge in [0.2, 0.25) is 0 Å². The van der Waals surface area contributed by atoms with E-state index in [-0.39, 0.29) is 12.5 Å². The van der Waals surface area contributed by atoms with Gasteiger partial charge in [-0.1, -0.05) is 41.9 Å². The number of carboxylic acid groups (broad SMARTS) is 1. The minimum Gasteiger partial charge on any atom is -0.480 e. The first-order valence-corrected chi connectivity index (χ1v) is 7.96. The predicted molar refractivity (Wildman–Crippen MR) is 96.8 cm³/mol. The highest BCUT2D eigenvalue weighted by atomic mass is 35.5. The summed E-state index contributed by atoms with van der Waals surface area (Å²) in [6.07, 6.45) is 0. The molecule has 3 rings (SSSR count). The number of likely N-dealkylation sites (N-methyl/N-ethyl adjacent to an activating group) is 1. The largest absolute Gasteiger partial charge is 0.480 e. The maximum Gasteiger partial charge on any atom is 0.323 e. The second kappa shape index (κ2) is 6.91. The third-order valence-corrected chi connectivity index (χ3v) is 4.06. The number of hydrogen-bond donors (Lipinski definition) is 1. The fourth-order valence-electron chi connectivity index (χ4n) is 2.60. The van der Waals surface area contributed by atoms with Crippen molar-refractivity contribution in [3.8, 4) is 11.3 Å². The Bertz CT molecular complexity index is 955. The summed E-state index contributed by atoms with van der Waals surface area (Å²) >= 11 is 5.93. The average molecular weight is 355 g/mol. The number of carbonyl (C=O) groups excluding carboxylic acids is 1. The second-order valence-corrected chi connectivity index (χ2v) is 6.07. The van der Waals surface area contributed by atoms with E-state index in [0.29, 0.717) is 27.2 Å². The average Bonchev–Trinajstić information content (AvgIpc) is 2.60. The van der Waals surface area contributed by atoms with Crippen molar-refractivity contribution in [2.45, 2.75) is 0 Å². The second-order valence-electron chi connectivity index (χ2n) is 5.63. The molecule has 0 spiro atoms. The van der Waals surface area contributed by atoms with E-state index in [4.69, 9.17) is 16.7 Å². The Labute approximate surface area is 149 Å². The Hall–Kier alpha value is -2.92. The van der Waals surface area contributed by atoms with Gasteiger partial charge >= 0.3 is 5.97 Å². The number of carboxylic acids is 1. The zero-order valence-electron chi connectivity index (χ0n) is 13.4. The van der Waals surface area contributed by atoms with Crippen molar-refractivity contribution in [3.05, 3.63) is 65.2 Å². The third-order valence-electron chi connectivity index (χ3n) is 3.81. The van der Waals surface area contributed by atoms with Crippen LogP contribution in [0.3, 0.4) is 0 Å². The van der Waals surface area contributed by atoms with Crippen LogP contribution in [0.2, 0.25) is 5.02 Å². The highest BCUT2D eigenvalue weighted by Crippen LogP contribution is 2.26. The summed E-state index contributed by atoms with van der Waals surface area (Å²) in [5.74, 6) is -1.43. The molecule has 0 saturated heterocycles. The highest BCUT2D eigenvalue weighted by Gasteiger charge is 2.19. The molecule has 1 aromatic heterocycles. The van der Waals surface area contributed by atoms with Crippen molar-refractivity contribution < 1.29 is 14.7 Å². The Kier molecular flexibility index (Phi) is 4.67. The first-order valence-electron chi connectivity index (χ1n) is 7.58. The molecule has 0 aliphatic heterocycles. The molecule has 2 aromatic carbocycles. The van der Waals surface area contributed by atoms with Crippen molar-refractivity contribution in [3.63, 3.8) is 0 Å². The maximum absolute atomic E-state index is 12.7. The fourth-order valence-corrected chi connectivity index (χ4v) is 2.73. The zero-order valence-corrected chi connectivity index (χ0v) is 14.2. The molecular formula is C19H15ClN2O3.